The molecule has 1 N–H and O–H groups in total. The van der Waals surface area contributed by atoms with Crippen molar-refractivity contribution in [1.82, 2.24) is 4.90 Å². The molecule has 7 heteroatoms. The molecule has 0 aromatic heterocycles. The summed E-state index contributed by atoms with van der Waals surface area (Å²) < 4.78 is 5.54. The Balaban J connectivity index is 1.79. The molecule has 1 aliphatic rings. The Labute approximate surface area is 157 Å². The Morgan fingerprint density at radius 3 is 2.77 bits per heavy atom. The molecule has 0 saturated carbocycles. The van der Waals surface area contributed by atoms with E-state index in [0.717, 1.165) is 6.54 Å². The fourth-order valence-corrected chi connectivity index (χ4v) is 2.89. The summed E-state index contributed by atoms with van der Waals surface area (Å²) in [6, 6.07) is 12.1. The first-order valence-corrected chi connectivity index (χ1v) is 8.61. The number of nitrogens with zero attached hydrogens (tertiary/aromatic N) is 2. The third-order valence-electron chi connectivity index (χ3n) is 4.05. The van der Waals surface area contributed by atoms with E-state index in [-0.39, 0.29) is 18.4 Å². The number of likely N-dealkylation sites (N-methyl/N-ethyl adjacent to an activating group) is 1. The van der Waals surface area contributed by atoms with Crippen molar-refractivity contribution in [3.05, 3.63) is 53.1 Å². The van der Waals surface area contributed by atoms with Crippen LogP contribution < -0.4 is 15.0 Å². The molecule has 0 bridgehead atoms. The third kappa shape index (κ3) is 3.98. The second-order valence-electron chi connectivity index (χ2n) is 6.25. The van der Waals surface area contributed by atoms with Gasteiger partial charge < -0.3 is 19.9 Å². The fourth-order valence-electron chi connectivity index (χ4n) is 2.67. The predicted molar refractivity (Wildman–Crippen MR) is 102 cm³/mol. The summed E-state index contributed by atoms with van der Waals surface area (Å²) >= 11 is 6.06. The van der Waals surface area contributed by atoms with E-state index >= 15 is 0 Å². The van der Waals surface area contributed by atoms with Crippen molar-refractivity contribution in [3.8, 4) is 5.75 Å². The number of hydrogen-bond acceptors (Lipinski definition) is 4. The van der Waals surface area contributed by atoms with Crippen LogP contribution in [0.3, 0.4) is 0 Å². The number of nitrogens with one attached hydrogen (secondary N) is 1. The summed E-state index contributed by atoms with van der Waals surface area (Å²) in [5.41, 5.74) is 1.69. The normalized spacial score (nSPS) is 13.4. The number of carbonyl (C=O) groups is 2. The SMILES string of the molecule is CN(C)CCN1C(=O)COc2cc(NC(=O)c3ccccc3Cl)ccc21. The molecule has 0 saturated heterocycles. The lowest BCUT2D eigenvalue weighted by molar-refractivity contribution is -0.121. The highest BCUT2D eigenvalue weighted by Crippen LogP contribution is 2.34. The predicted octanol–water partition coefficient (Wildman–Crippen LogP) is 2.88. The van der Waals surface area contributed by atoms with Crippen molar-refractivity contribution in [2.45, 2.75) is 0 Å². The highest BCUT2D eigenvalue weighted by Gasteiger charge is 2.25. The molecule has 6 nitrogen and oxygen atoms in total. The molecule has 2 aromatic rings. The first kappa shape index (κ1) is 18.2. The lowest BCUT2D eigenvalue weighted by atomic mass is 10.1. The van der Waals surface area contributed by atoms with E-state index in [9.17, 15) is 9.59 Å². The number of hydrogen-bond donors (Lipinski definition) is 1. The number of benzene rings is 2. The maximum atomic E-state index is 12.4. The second-order valence-corrected chi connectivity index (χ2v) is 6.66. The minimum Gasteiger partial charge on any atom is -0.481 e. The van der Waals surface area contributed by atoms with Gasteiger partial charge in [-0.2, -0.15) is 0 Å². The highest BCUT2D eigenvalue weighted by molar-refractivity contribution is 6.34. The van der Waals surface area contributed by atoms with Gasteiger partial charge in [0, 0.05) is 24.8 Å². The van der Waals surface area contributed by atoms with Gasteiger partial charge in [-0.15, -0.1) is 0 Å². The van der Waals surface area contributed by atoms with Gasteiger partial charge in [-0.05, 0) is 38.4 Å². The summed E-state index contributed by atoms with van der Waals surface area (Å²) in [5.74, 6) is 0.194. The number of anilines is 2. The van der Waals surface area contributed by atoms with E-state index in [0.29, 0.717) is 34.3 Å². The van der Waals surface area contributed by atoms with Crippen molar-refractivity contribution < 1.29 is 14.3 Å². The number of fused-ring (bicyclic) bond motifs is 1. The van der Waals surface area contributed by atoms with Crippen LogP contribution in [-0.4, -0.2) is 50.5 Å². The van der Waals surface area contributed by atoms with E-state index in [4.69, 9.17) is 16.3 Å². The van der Waals surface area contributed by atoms with Crippen LogP contribution in [0.5, 0.6) is 5.75 Å². The zero-order valence-corrected chi connectivity index (χ0v) is 15.4. The smallest absolute Gasteiger partial charge is 0.265 e. The van der Waals surface area contributed by atoms with Gasteiger partial charge in [0.2, 0.25) is 0 Å². The molecule has 0 radical (unpaired) electrons. The van der Waals surface area contributed by atoms with E-state index < -0.39 is 0 Å². The fraction of sp³-hybridized carbons (Fsp3) is 0.263. The number of ether oxygens (including phenoxy) is 1. The van der Waals surface area contributed by atoms with Crippen molar-refractivity contribution in [2.24, 2.45) is 0 Å². The number of rotatable bonds is 5. The Bertz CT molecular complexity index is 839. The summed E-state index contributed by atoms with van der Waals surface area (Å²) in [6.45, 7) is 1.31. The molecule has 1 heterocycles. The largest absolute Gasteiger partial charge is 0.481 e. The first-order chi connectivity index (χ1) is 12.5. The molecule has 0 fully saturated rings. The highest BCUT2D eigenvalue weighted by atomic mass is 35.5. The number of carbonyl (C=O) groups excluding carboxylic acids is 2. The third-order valence-corrected chi connectivity index (χ3v) is 4.38. The van der Waals surface area contributed by atoms with Crippen LogP contribution in [-0.2, 0) is 4.79 Å². The van der Waals surface area contributed by atoms with Gasteiger partial charge in [0.05, 0.1) is 16.3 Å². The monoisotopic (exact) mass is 373 g/mol. The van der Waals surface area contributed by atoms with Gasteiger partial charge in [-0.25, -0.2) is 0 Å². The lowest BCUT2D eigenvalue weighted by Gasteiger charge is -2.30. The van der Waals surface area contributed by atoms with Crippen LogP contribution in [0, 0.1) is 0 Å². The van der Waals surface area contributed by atoms with E-state index in [1.165, 1.54) is 0 Å². The van der Waals surface area contributed by atoms with Crippen molar-refractivity contribution in [3.63, 3.8) is 0 Å². The lowest BCUT2D eigenvalue weighted by Crippen LogP contribution is -2.42. The molecule has 2 amide bonds. The molecule has 0 atom stereocenters. The molecule has 0 aliphatic carbocycles. The topological polar surface area (TPSA) is 61.9 Å². The van der Waals surface area contributed by atoms with Crippen LogP contribution in [0.1, 0.15) is 10.4 Å². The average molecular weight is 374 g/mol. The molecular weight excluding hydrogens is 354 g/mol. The van der Waals surface area contributed by atoms with Crippen LogP contribution in [0.4, 0.5) is 11.4 Å². The molecule has 26 heavy (non-hydrogen) atoms. The Hall–Kier alpha value is -2.57. The standard InChI is InChI=1S/C19H20ClN3O3/c1-22(2)9-10-23-16-8-7-13(11-17(16)26-12-18(23)24)21-19(25)14-5-3-4-6-15(14)20/h3-8,11H,9-10,12H2,1-2H3,(H,21,25). The summed E-state index contributed by atoms with van der Waals surface area (Å²) in [5, 5.41) is 3.20. The zero-order chi connectivity index (χ0) is 18.7. The Morgan fingerprint density at radius 1 is 1.27 bits per heavy atom. The van der Waals surface area contributed by atoms with Crippen LogP contribution in [0.25, 0.3) is 0 Å². The maximum absolute atomic E-state index is 12.4. The first-order valence-electron chi connectivity index (χ1n) is 8.23. The van der Waals surface area contributed by atoms with Gasteiger partial charge in [-0.3, -0.25) is 9.59 Å². The minimum atomic E-state index is -0.299. The van der Waals surface area contributed by atoms with Gasteiger partial charge in [0.25, 0.3) is 11.8 Å². The van der Waals surface area contributed by atoms with Gasteiger partial charge in [-0.1, -0.05) is 23.7 Å². The van der Waals surface area contributed by atoms with Crippen LogP contribution >= 0.6 is 11.6 Å². The summed E-state index contributed by atoms with van der Waals surface area (Å²) in [4.78, 5) is 28.3. The minimum absolute atomic E-state index is 0.0116. The molecule has 0 unspecified atom stereocenters. The van der Waals surface area contributed by atoms with E-state index in [1.54, 1.807) is 47.4 Å². The maximum Gasteiger partial charge on any atom is 0.265 e. The summed E-state index contributed by atoms with van der Waals surface area (Å²) in [6.07, 6.45) is 0. The van der Waals surface area contributed by atoms with Gasteiger partial charge in [0.1, 0.15) is 5.75 Å². The van der Waals surface area contributed by atoms with Gasteiger partial charge >= 0.3 is 0 Å². The average Bonchev–Trinajstić information content (AvgIpc) is 2.61. The summed E-state index contributed by atoms with van der Waals surface area (Å²) in [7, 11) is 3.92. The molecule has 3 rings (SSSR count). The number of halogens is 1. The molecule has 2 aromatic carbocycles. The Kier molecular flexibility index (Phi) is 5.44. The van der Waals surface area contributed by atoms with E-state index in [1.807, 2.05) is 19.0 Å². The van der Waals surface area contributed by atoms with Crippen molar-refractivity contribution in [1.29, 1.82) is 0 Å². The Morgan fingerprint density at radius 2 is 2.04 bits per heavy atom. The van der Waals surface area contributed by atoms with E-state index in [2.05, 4.69) is 5.32 Å². The zero-order valence-electron chi connectivity index (χ0n) is 14.7. The van der Waals surface area contributed by atoms with Crippen LogP contribution in [0.2, 0.25) is 5.02 Å². The molecular formula is C19H20ClN3O3. The van der Waals surface area contributed by atoms with Crippen molar-refractivity contribution >= 4 is 34.8 Å². The number of amides is 2. The van der Waals surface area contributed by atoms with Crippen molar-refractivity contribution in [2.75, 3.05) is 44.0 Å². The quantitative estimate of drug-likeness (QED) is 0.875. The molecule has 1 aliphatic heterocycles. The van der Waals surface area contributed by atoms with Crippen LogP contribution in [0.15, 0.2) is 42.5 Å². The molecule has 0 spiro atoms. The second kappa shape index (κ2) is 7.76. The van der Waals surface area contributed by atoms with Gasteiger partial charge in [0.15, 0.2) is 6.61 Å². The molecule has 136 valence electrons.